The number of morpholine rings is 1. The highest BCUT2D eigenvalue weighted by Crippen LogP contribution is 2.36. The van der Waals surface area contributed by atoms with Crippen LogP contribution in [0.5, 0.6) is 0 Å². The molecular weight excluding hydrogens is 224 g/mol. The fraction of sp³-hybridized carbons (Fsp3) is 1.00. The molecule has 106 valence electrons. The first-order chi connectivity index (χ1) is 8.57. The van der Waals surface area contributed by atoms with Crippen LogP contribution in [0.1, 0.15) is 46.0 Å². The van der Waals surface area contributed by atoms with Gasteiger partial charge in [0.2, 0.25) is 0 Å². The first-order valence-electron chi connectivity index (χ1n) is 7.59. The number of nitrogens with one attached hydrogen (secondary N) is 1. The summed E-state index contributed by atoms with van der Waals surface area (Å²) in [4.78, 5) is 2.56. The van der Waals surface area contributed by atoms with Crippen molar-refractivity contribution in [2.45, 2.75) is 58.1 Å². The van der Waals surface area contributed by atoms with E-state index in [0.717, 1.165) is 25.7 Å². The molecule has 0 amide bonds. The number of nitrogens with zero attached hydrogens (tertiary/aromatic N) is 1. The van der Waals surface area contributed by atoms with Gasteiger partial charge >= 0.3 is 0 Å². The van der Waals surface area contributed by atoms with Gasteiger partial charge in [-0.2, -0.15) is 0 Å². The molecule has 0 spiro atoms. The van der Waals surface area contributed by atoms with E-state index in [1.165, 1.54) is 38.6 Å². The molecule has 2 rings (SSSR count). The standard InChI is InChI=1S/C15H30N2O/c1-15(2)7-4-13(5-8-15)17(3)10-6-14-12-16-9-11-18-14/h13-14,16H,4-12H2,1-3H3. The summed E-state index contributed by atoms with van der Waals surface area (Å²) in [6.45, 7) is 8.93. The molecule has 3 nitrogen and oxygen atoms in total. The van der Waals surface area contributed by atoms with E-state index in [9.17, 15) is 0 Å². The maximum absolute atomic E-state index is 5.76. The maximum Gasteiger partial charge on any atom is 0.0712 e. The summed E-state index contributed by atoms with van der Waals surface area (Å²) in [6.07, 6.45) is 7.10. The van der Waals surface area contributed by atoms with Crippen molar-refractivity contribution in [1.29, 1.82) is 0 Å². The molecule has 2 fully saturated rings. The molecule has 1 saturated carbocycles. The van der Waals surface area contributed by atoms with Gasteiger partial charge in [0.15, 0.2) is 0 Å². The van der Waals surface area contributed by atoms with E-state index in [1.54, 1.807) is 0 Å². The number of rotatable bonds is 4. The second-order valence-corrected chi connectivity index (χ2v) is 6.86. The summed E-state index contributed by atoms with van der Waals surface area (Å²) < 4.78 is 5.76. The van der Waals surface area contributed by atoms with Crippen LogP contribution in [0, 0.1) is 5.41 Å². The molecule has 0 bridgehead atoms. The molecule has 0 aromatic carbocycles. The average Bonchev–Trinajstić information content (AvgIpc) is 2.37. The van der Waals surface area contributed by atoms with E-state index < -0.39 is 0 Å². The Kier molecular flexibility index (Phi) is 5.05. The fourth-order valence-electron chi connectivity index (χ4n) is 3.16. The van der Waals surface area contributed by atoms with E-state index in [0.29, 0.717) is 11.5 Å². The lowest BCUT2D eigenvalue weighted by Crippen LogP contribution is -2.42. The Morgan fingerprint density at radius 2 is 2.00 bits per heavy atom. The van der Waals surface area contributed by atoms with Gasteiger partial charge in [0, 0.05) is 25.7 Å². The maximum atomic E-state index is 5.76. The van der Waals surface area contributed by atoms with Crippen LogP contribution in [0.4, 0.5) is 0 Å². The lowest BCUT2D eigenvalue weighted by molar-refractivity contribution is 0.0138. The highest BCUT2D eigenvalue weighted by atomic mass is 16.5. The quantitative estimate of drug-likeness (QED) is 0.833. The van der Waals surface area contributed by atoms with Crippen LogP contribution in [0.15, 0.2) is 0 Å². The highest BCUT2D eigenvalue weighted by molar-refractivity contribution is 4.83. The molecule has 1 atom stereocenters. The monoisotopic (exact) mass is 254 g/mol. The summed E-state index contributed by atoms with van der Waals surface area (Å²) in [5, 5.41) is 3.41. The van der Waals surface area contributed by atoms with Gasteiger partial charge in [-0.1, -0.05) is 13.8 Å². The summed E-state index contributed by atoms with van der Waals surface area (Å²) in [6, 6.07) is 0.801. The molecule has 1 saturated heterocycles. The van der Waals surface area contributed by atoms with Crippen molar-refractivity contribution in [3.63, 3.8) is 0 Å². The van der Waals surface area contributed by atoms with Crippen molar-refractivity contribution in [3.05, 3.63) is 0 Å². The summed E-state index contributed by atoms with van der Waals surface area (Å²) in [7, 11) is 2.29. The van der Waals surface area contributed by atoms with Crippen LogP contribution >= 0.6 is 0 Å². The second kappa shape index (κ2) is 6.36. The molecular formula is C15H30N2O. The zero-order chi connectivity index (χ0) is 13.0. The van der Waals surface area contributed by atoms with Gasteiger partial charge in [-0.05, 0) is 44.6 Å². The smallest absolute Gasteiger partial charge is 0.0712 e. The first-order valence-corrected chi connectivity index (χ1v) is 7.59. The highest BCUT2D eigenvalue weighted by Gasteiger charge is 2.28. The van der Waals surface area contributed by atoms with E-state index in [-0.39, 0.29) is 0 Å². The Morgan fingerprint density at radius 1 is 1.28 bits per heavy atom. The normalized spacial score (nSPS) is 29.7. The molecule has 1 aliphatic carbocycles. The van der Waals surface area contributed by atoms with E-state index >= 15 is 0 Å². The van der Waals surface area contributed by atoms with Crippen molar-refractivity contribution in [2.75, 3.05) is 33.3 Å². The third-order valence-corrected chi connectivity index (χ3v) is 4.74. The summed E-state index contributed by atoms with van der Waals surface area (Å²) in [5.74, 6) is 0. The predicted octanol–water partition coefficient (Wildman–Crippen LogP) is 2.27. The largest absolute Gasteiger partial charge is 0.376 e. The minimum atomic E-state index is 0.432. The van der Waals surface area contributed by atoms with E-state index in [2.05, 4.69) is 31.1 Å². The van der Waals surface area contributed by atoms with Gasteiger partial charge in [-0.25, -0.2) is 0 Å². The molecule has 1 aliphatic heterocycles. The van der Waals surface area contributed by atoms with Crippen molar-refractivity contribution < 1.29 is 4.74 Å². The zero-order valence-corrected chi connectivity index (χ0v) is 12.4. The van der Waals surface area contributed by atoms with Gasteiger partial charge in [-0.3, -0.25) is 0 Å². The molecule has 2 aliphatic rings. The van der Waals surface area contributed by atoms with Crippen LogP contribution in [0.2, 0.25) is 0 Å². The Bertz CT molecular complexity index is 239. The second-order valence-electron chi connectivity index (χ2n) is 6.86. The van der Waals surface area contributed by atoms with Gasteiger partial charge in [-0.15, -0.1) is 0 Å². The van der Waals surface area contributed by atoms with Gasteiger partial charge in [0.05, 0.1) is 12.7 Å². The number of ether oxygens (including phenoxy) is 1. The lowest BCUT2D eigenvalue weighted by atomic mass is 9.75. The van der Waals surface area contributed by atoms with Crippen molar-refractivity contribution >= 4 is 0 Å². The summed E-state index contributed by atoms with van der Waals surface area (Å²) >= 11 is 0. The van der Waals surface area contributed by atoms with Crippen LogP contribution in [0.25, 0.3) is 0 Å². The van der Waals surface area contributed by atoms with Crippen molar-refractivity contribution in [3.8, 4) is 0 Å². The van der Waals surface area contributed by atoms with Crippen LogP contribution in [-0.4, -0.2) is 50.3 Å². The molecule has 18 heavy (non-hydrogen) atoms. The third-order valence-electron chi connectivity index (χ3n) is 4.74. The zero-order valence-electron chi connectivity index (χ0n) is 12.4. The Balaban J connectivity index is 1.66. The summed E-state index contributed by atoms with van der Waals surface area (Å²) in [5.41, 5.74) is 0.577. The fourth-order valence-corrected chi connectivity index (χ4v) is 3.16. The predicted molar refractivity (Wildman–Crippen MR) is 75.9 cm³/mol. The van der Waals surface area contributed by atoms with Crippen molar-refractivity contribution in [2.24, 2.45) is 5.41 Å². The number of hydrogen-bond donors (Lipinski definition) is 1. The Labute approximate surface area is 112 Å². The van der Waals surface area contributed by atoms with Crippen LogP contribution in [0.3, 0.4) is 0 Å². The molecule has 1 N–H and O–H groups in total. The number of hydrogen-bond acceptors (Lipinski definition) is 3. The van der Waals surface area contributed by atoms with Crippen LogP contribution < -0.4 is 5.32 Å². The minimum absolute atomic E-state index is 0.432. The minimum Gasteiger partial charge on any atom is -0.376 e. The lowest BCUT2D eigenvalue weighted by Gasteiger charge is -2.39. The van der Waals surface area contributed by atoms with Gasteiger partial charge < -0.3 is 15.0 Å². The van der Waals surface area contributed by atoms with Gasteiger partial charge in [0.25, 0.3) is 0 Å². The molecule has 0 aromatic rings. The Morgan fingerprint density at radius 3 is 2.61 bits per heavy atom. The average molecular weight is 254 g/mol. The third kappa shape index (κ3) is 4.22. The first kappa shape index (κ1) is 14.3. The van der Waals surface area contributed by atoms with Crippen molar-refractivity contribution in [1.82, 2.24) is 10.2 Å². The van der Waals surface area contributed by atoms with Gasteiger partial charge in [0.1, 0.15) is 0 Å². The molecule has 1 heterocycles. The molecule has 1 unspecified atom stereocenters. The SMILES string of the molecule is CN(CCC1CNCCO1)C1CCC(C)(C)CC1. The molecule has 0 aromatic heterocycles. The topological polar surface area (TPSA) is 24.5 Å². The van der Waals surface area contributed by atoms with Crippen LogP contribution in [-0.2, 0) is 4.74 Å². The van der Waals surface area contributed by atoms with E-state index in [1.807, 2.05) is 0 Å². The molecule has 3 heteroatoms. The van der Waals surface area contributed by atoms with E-state index in [4.69, 9.17) is 4.74 Å². The molecule has 0 radical (unpaired) electrons. The Hall–Kier alpha value is -0.120.